The van der Waals surface area contributed by atoms with Crippen molar-refractivity contribution in [3.8, 4) is 0 Å². The van der Waals surface area contributed by atoms with Crippen molar-refractivity contribution in [3.63, 3.8) is 0 Å². The van der Waals surface area contributed by atoms with Gasteiger partial charge in [-0.15, -0.1) is 10.2 Å². The van der Waals surface area contributed by atoms with Gasteiger partial charge in [0, 0.05) is 34.6 Å². The zero-order chi connectivity index (χ0) is 24.7. The van der Waals surface area contributed by atoms with Crippen LogP contribution in [-0.4, -0.2) is 74.6 Å². The molecule has 33 heavy (non-hydrogen) atoms. The molecule has 2 aromatic rings. The Bertz CT molecular complexity index is 1030. The molecule has 0 aliphatic heterocycles. The van der Waals surface area contributed by atoms with E-state index in [9.17, 15) is 24.0 Å². The average molecular weight is 486 g/mol. The van der Waals surface area contributed by atoms with Crippen molar-refractivity contribution in [2.24, 2.45) is 0 Å². The summed E-state index contributed by atoms with van der Waals surface area (Å²) in [4.78, 5) is 59.2. The van der Waals surface area contributed by atoms with Crippen LogP contribution in [0.1, 0.15) is 46.5 Å². The second-order valence-electron chi connectivity index (χ2n) is 6.62. The zero-order valence-corrected chi connectivity index (χ0v) is 19.2. The molecule has 0 saturated carbocycles. The van der Waals surface area contributed by atoms with Crippen LogP contribution in [0.3, 0.4) is 0 Å². The van der Waals surface area contributed by atoms with E-state index in [0.29, 0.717) is 4.96 Å². The van der Waals surface area contributed by atoms with Crippen LogP contribution in [0.25, 0.3) is 4.96 Å². The maximum Gasteiger partial charge on any atom is 0.303 e. The minimum Gasteiger partial charge on any atom is -0.462 e. The Morgan fingerprint density at radius 2 is 1.39 bits per heavy atom. The van der Waals surface area contributed by atoms with Gasteiger partial charge in [0.2, 0.25) is 11.1 Å². The fourth-order valence-electron chi connectivity index (χ4n) is 2.85. The molecule has 0 unspecified atom stereocenters. The Kier molecular flexibility index (Phi) is 8.78. The van der Waals surface area contributed by atoms with Gasteiger partial charge in [-0.05, 0) is 0 Å². The van der Waals surface area contributed by atoms with E-state index in [1.807, 2.05) is 0 Å². The number of fused-ring (bicyclic) bond motifs is 1. The van der Waals surface area contributed by atoms with Crippen molar-refractivity contribution in [1.29, 1.82) is 0 Å². The van der Waals surface area contributed by atoms with Crippen LogP contribution >= 0.6 is 11.3 Å². The molecule has 0 bridgehead atoms. The Morgan fingerprint density at radius 1 is 0.818 bits per heavy atom. The molecule has 15 heteroatoms. The molecule has 2 heterocycles. The van der Waals surface area contributed by atoms with Crippen LogP contribution in [0.4, 0.5) is 0 Å². The molecular formula is C18H22N4O10S. The van der Waals surface area contributed by atoms with Gasteiger partial charge >= 0.3 is 29.8 Å². The standard InChI is InChI=1S/C18H22N4O10S/c1-8(23)28-6-13(29-9(2)24)14(30-10(3)25)15(31-11(4)26)16(32-12(5)27)17-20-21-18-22(17)19-7-33-18/h7,13-16H,6H2,1-5H3/t13-,14-,15+,16-/m1/s1. The number of ether oxygens (including phenoxy) is 5. The maximum absolute atomic E-state index is 12.0. The molecule has 0 saturated heterocycles. The molecule has 0 amide bonds. The summed E-state index contributed by atoms with van der Waals surface area (Å²) in [5.74, 6) is -4.06. The third-order valence-corrected chi connectivity index (χ3v) is 4.53. The molecule has 0 N–H and O–H groups in total. The highest BCUT2D eigenvalue weighted by molar-refractivity contribution is 7.14. The van der Waals surface area contributed by atoms with E-state index in [0.717, 1.165) is 46.0 Å². The van der Waals surface area contributed by atoms with Gasteiger partial charge < -0.3 is 23.7 Å². The molecule has 0 radical (unpaired) electrons. The van der Waals surface area contributed by atoms with E-state index in [-0.39, 0.29) is 5.82 Å². The van der Waals surface area contributed by atoms with E-state index in [1.54, 1.807) is 0 Å². The van der Waals surface area contributed by atoms with Crippen LogP contribution in [-0.2, 0) is 47.7 Å². The molecular weight excluding hydrogens is 464 g/mol. The van der Waals surface area contributed by atoms with E-state index in [1.165, 1.54) is 10.0 Å². The molecule has 2 aromatic heterocycles. The van der Waals surface area contributed by atoms with E-state index < -0.39 is 60.9 Å². The molecule has 0 fully saturated rings. The third kappa shape index (κ3) is 7.20. The fraction of sp³-hybridized carbons (Fsp3) is 0.556. The van der Waals surface area contributed by atoms with Gasteiger partial charge in [-0.2, -0.15) is 9.61 Å². The summed E-state index contributed by atoms with van der Waals surface area (Å²) in [7, 11) is 0. The molecule has 4 atom stereocenters. The second-order valence-corrected chi connectivity index (χ2v) is 7.43. The number of hydrogen-bond donors (Lipinski definition) is 0. The summed E-state index contributed by atoms with van der Waals surface area (Å²) >= 11 is 1.13. The molecule has 0 aromatic carbocycles. The van der Waals surface area contributed by atoms with E-state index in [2.05, 4.69) is 15.3 Å². The minimum atomic E-state index is -1.59. The molecule has 14 nitrogen and oxygen atoms in total. The van der Waals surface area contributed by atoms with Gasteiger partial charge in [0.25, 0.3) is 0 Å². The van der Waals surface area contributed by atoms with Crippen molar-refractivity contribution in [2.75, 3.05) is 6.61 Å². The van der Waals surface area contributed by atoms with Crippen LogP contribution in [0.2, 0.25) is 0 Å². The first-order chi connectivity index (χ1) is 15.5. The normalized spacial score (nSPS) is 14.5. The van der Waals surface area contributed by atoms with Gasteiger partial charge in [0.1, 0.15) is 12.1 Å². The zero-order valence-electron chi connectivity index (χ0n) is 18.4. The smallest absolute Gasteiger partial charge is 0.303 e. The number of esters is 5. The maximum atomic E-state index is 12.0. The van der Waals surface area contributed by atoms with Crippen LogP contribution in [0.5, 0.6) is 0 Å². The monoisotopic (exact) mass is 486 g/mol. The lowest BCUT2D eigenvalue weighted by Crippen LogP contribution is -2.50. The topological polar surface area (TPSA) is 175 Å². The minimum absolute atomic E-state index is 0.0566. The highest BCUT2D eigenvalue weighted by atomic mass is 32.1. The average Bonchev–Trinajstić information content (AvgIpc) is 3.29. The van der Waals surface area contributed by atoms with Crippen molar-refractivity contribution in [3.05, 3.63) is 11.3 Å². The highest BCUT2D eigenvalue weighted by Gasteiger charge is 2.46. The summed E-state index contributed by atoms with van der Waals surface area (Å²) < 4.78 is 27.4. The summed E-state index contributed by atoms with van der Waals surface area (Å²) in [5.41, 5.74) is 1.45. The summed E-state index contributed by atoms with van der Waals surface area (Å²) in [6.45, 7) is 4.87. The Balaban J connectivity index is 2.62. The van der Waals surface area contributed by atoms with Crippen LogP contribution in [0.15, 0.2) is 5.51 Å². The van der Waals surface area contributed by atoms with Crippen molar-refractivity contribution in [2.45, 2.75) is 59.0 Å². The van der Waals surface area contributed by atoms with Crippen LogP contribution < -0.4 is 0 Å². The van der Waals surface area contributed by atoms with Gasteiger partial charge in [-0.25, -0.2) is 0 Å². The van der Waals surface area contributed by atoms with Gasteiger partial charge in [0.15, 0.2) is 24.1 Å². The lowest BCUT2D eigenvalue weighted by Gasteiger charge is -2.34. The lowest BCUT2D eigenvalue weighted by molar-refractivity contribution is -0.204. The van der Waals surface area contributed by atoms with Crippen molar-refractivity contribution in [1.82, 2.24) is 19.8 Å². The predicted molar refractivity (Wildman–Crippen MR) is 106 cm³/mol. The number of carbonyl (C=O) groups is 5. The van der Waals surface area contributed by atoms with Crippen molar-refractivity contribution >= 4 is 46.1 Å². The third-order valence-electron chi connectivity index (χ3n) is 3.87. The first-order valence-corrected chi connectivity index (χ1v) is 10.3. The second kappa shape index (κ2) is 11.3. The SMILES string of the molecule is CC(=O)OC[C@@H](OC(C)=O)[C@@H](OC(C)=O)[C@H](OC(C)=O)[C@@H](OC(C)=O)c1nnc2scnn12. The highest BCUT2D eigenvalue weighted by Crippen LogP contribution is 2.30. The molecule has 0 spiro atoms. The summed E-state index contributed by atoms with van der Waals surface area (Å²) in [6.07, 6.45) is -6.10. The Morgan fingerprint density at radius 3 is 1.94 bits per heavy atom. The molecule has 2 rings (SSSR count). The molecule has 0 aliphatic carbocycles. The lowest BCUT2D eigenvalue weighted by atomic mass is 10.0. The van der Waals surface area contributed by atoms with Gasteiger partial charge in [0.05, 0.1) is 0 Å². The van der Waals surface area contributed by atoms with E-state index in [4.69, 9.17) is 23.7 Å². The van der Waals surface area contributed by atoms with Gasteiger partial charge in [-0.3, -0.25) is 24.0 Å². The number of carbonyl (C=O) groups excluding carboxylic acids is 5. The first kappa shape index (κ1) is 25.6. The predicted octanol–water partition coefficient (Wildman–Crippen LogP) is 0.148. The summed E-state index contributed by atoms with van der Waals surface area (Å²) in [6, 6.07) is 0. The molecule has 0 aliphatic rings. The number of rotatable bonds is 10. The Labute approximate surface area is 191 Å². The Hall–Kier alpha value is -3.62. The number of aromatic nitrogens is 4. The summed E-state index contributed by atoms with van der Waals surface area (Å²) in [5, 5.41) is 11.9. The quantitative estimate of drug-likeness (QED) is 0.328. The van der Waals surface area contributed by atoms with Crippen molar-refractivity contribution < 1.29 is 47.7 Å². The largest absolute Gasteiger partial charge is 0.462 e. The number of hydrogen-bond acceptors (Lipinski definition) is 14. The first-order valence-electron chi connectivity index (χ1n) is 9.46. The molecule has 180 valence electrons. The van der Waals surface area contributed by atoms with E-state index >= 15 is 0 Å². The fourth-order valence-corrected chi connectivity index (χ4v) is 3.41. The van der Waals surface area contributed by atoms with Crippen LogP contribution in [0, 0.1) is 0 Å². The van der Waals surface area contributed by atoms with Gasteiger partial charge in [-0.1, -0.05) is 11.3 Å². The number of nitrogens with zero attached hydrogens (tertiary/aromatic N) is 4.